The Hall–Kier alpha value is -0.470. The zero-order valence-corrected chi connectivity index (χ0v) is 7.98. The Bertz CT molecular complexity index is 296. The van der Waals surface area contributed by atoms with Gasteiger partial charge in [0.2, 0.25) is 0 Å². The molecule has 0 unspecified atom stereocenters. The molecule has 1 aromatic rings. The van der Waals surface area contributed by atoms with Crippen molar-refractivity contribution in [3.8, 4) is 0 Å². The maximum atomic E-state index is 9.00. The Kier molecular flexibility index (Phi) is 2.58. The SMILES string of the molecule is C=C(O)c1ccc(Br)cc1Cl. The molecule has 0 saturated heterocycles. The van der Waals surface area contributed by atoms with Crippen molar-refractivity contribution >= 4 is 33.3 Å². The highest BCUT2D eigenvalue weighted by molar-refractivity contribution is 9.10. The Morgan fingerprint density at radius 3 is 2.64 bits per heavy atom. The van der Waals surface area contributed by atoms with Crippen molar-refractivity contribution in [1.82, 2.24) is 0 Å². The van der Waals surface area contributed by atoms with Crippen LogP contribution in [-0.4, -0.2) is 5.11 Å². The van der Waals surface area contributed by atoms with E-state index in [-0.39, 0.29) is 5.76 Å². The second kappa shape index (κ2) is 3.28. The summed E-state index contributed by atoms with van der Waals surface area (Å²) in [5.74, 6) is -0.0116. The smallest absolute Gasteiger partial charge is 0.117 e. The van der Waals surface area contributed by atoms with Crippen LogP contribution in [-0.2, 0) is 0 Å². The van der Waals surface area contributed by atoms with Crippen LogP contribution in [0.1, 0.15) is 5.56 Å². The summed E-state index contributed by atoms with van der Waals surface area (Å²) >= 11 is 9.02. The zero-order valence-electron chi connectivity index (χ0n) is 5.64. The molecule has 0 radical (unpaired) electrons. The highest BCUT2D eigenvalue weighted by Crippen LogP contribution is 2.24. The molecule has 0 bridgehead atoms. The predicted octanol–water partition coefficient (Wildman–Crippen LogP) is 3.63. The topological polar surface area (TPSA) is 20.2 Å². The molecule has 1 N–H and O–H groups in total. The van der Waals surface area contributed by atoms with Crippen molar-refractivity contribution in [1.29, 1.82) is 0 Å². The van der Waals surface area contributed by atoms with Crippen LogP contribution in [0.2, 0.25) is 5.02 Å². The molecule has 0 aliphatic rings. The highest BCUT2D eigenvalue weighted by Gasteiger charge is 2.01. The van der Waals surface area contributed by atoms with Crippen LogP contribution < -0.4 is 0 Å². The van der Waals surface area contributed by atoms with Crippen LogP contribution in [0.3, 0.4) is 0 Å². The van der Waals surface area contributed by atoms with Gasteiger partial charge in [0.25, 0.3) is 0 Å². The van der Waals surface area contributed by atoms with Gasteiger partial charge in [-0.25, -0.2) is 0 Å². The Morgan fingerprint density at radius 2 is 2.18 bits per heavy atom. The van der Waals surface area contributed by atoms with Gasteiger partial charge in [-0.2, -0.15) is 0 Å². The first-order valence-corrected chi connectivity index (χ1v) is 4.11. The second-order valence-corrected chi connectivity index (χ2v) is 3.39. The molecule has 0 fully saturated rings. The van der Waals surface area contributed by atoms with Crippen molar-refractivity contribution in [2.75, 3.05) is 0 Å². The largest absolute Gasteiger partial charge is 0.508 e. The van der Waals surface area contributed by atoms with Gasteiger partial charge in [-0.1, -0.05) is 34.1 Å². The van der Waals surface area contributed by atoms with Gasteiger partial charge in [0.05, 0.1) is 5.02 Å². The Labute approximate surface area is 78.4 Å². The number of aliphatic hydroxyl groups excluding tert-OH is 1. The lowest BCUT2D eigenvalue weighted by Gasteiger charge is -2.00. The van der Waals surface area contributed by atoms with E-state index < -0.39 is 0 Å². The quantitative estimate of drug-likeness (QED) is 0.735. The summed E-state index contributed by atoms with van der Waals surface area (Å²) in [5, 5.41) is 9.49. The average molecular weight is 233 g/mol. The summed E-state index contributed by atoms with van der Waals surface area (Å²) in [6.07, 6.45) is 0. The van der Waals surface area contributed by atoms with E-state index in [4.69, 9.17) is 16.7 Å². The summed E-state index contributed by atoms with van der Waals surface area (Å²) in [6, 6.07) is 5.20. The van der Waals surface area contributed by atoms with Crippen molar-refractivity contribution in [3.05, 3.63) is 39.8 Å². The first kappa shape index (κ1) is 8.62. The fourth-order valence-corrected chi connectivity index (χ4v) is 1.51. The minimum Gasteiger partial charge on any atom is -0.508 e. The molecule has 1 aromatic carbocycles. The van der Waals surface area contributed by atoms with E-state index >= 15 is 0 Å². The Balaban J connectivity index is 3.20. The average Bonchev–Trinajstić information content (AvgIpc) is 1.85. The van der Waals surface area contributed by atoms with Crippen LogP contribution in [0.25, 0.3) is 5.76 Å². The molecule has 1 rings (SSSR count). The summed E-state index contributed by atoms with van der Waals surface area (Å²) in [4.78, 5) is 0. The van der Waals surface area contributed by atoms with Crippen LogP contribution in [0.15, 0.2) is 29.3 Å². The fourth-order valence-electron chi connectivity index (χ4n) is 0.724. The van der Waals surface area contributed by atoms with Gasteiger partial charge in [-0.15, -0.1) is 0 Å². The highest BCUT2D eigenvalue weighted by atomic mass is 79.9. The maximum absolute atomic E-state index is 9.00. The molecule has 0 saturated carbocycles. The first-order chi connectivity index (χ1) is 5.11. The molecule has 1 nitrogen and oxygen atoms in total. The van der Waals surface area contributed by atoms with Crippen LogP contribution in [0.4, 0.5) is 0 Å². The van der Waals surface area contributed by atoms with Crippen LogP contribution >= 0.6 is 27.5 Å². The molecule has 3 heteroatoms. The van der Waals surface area contributed by atoms with Crippen molar-refractivity contribution in [2.24, 2.45) is 0 Å². The summed E-state index contributed by atoms with van der Waals surface area (Å²) in [7, 11) is 0. The van der Waals surface area contributed by atoms with E-state index in [0.29, 0.717) is 10.6 Å². The molecule has 0 aliphatic carbocycles. The molecule has 0 spiro atoms. The number of hydrogen-bond acceptors (Lipinski definition) is 1. The number of rotatable bonds is 1. The van der Waals surface area contributed by atoms with Gasteiger partial charge >= 0.3 is 0 Å². The molecule has 0 aromatic heterocycles. The monoisotopic (exact) mass is 232 g/mol. The van der Waals surface area contributed by atoms with Gasteiger partial charge in [0.1, 0.15) is 5.76 Å². The number of aliphatic hydroxyl groups is 1. The summed E-state index contributed by atoms with van der Waals surface area (Å²) < 4.78 is 0.882. The predicted molar refractivity (Wildman–Crippen MR) is 50.8 cm³/mol. The van der Waals surface area contributed by atoms with E-state index in [0.717, 1.165) is 4.47 Å². The minimum absolute atomic E-state index is 0.0116. The van der Waals surface area contributed by atoms with Gasteiger partial charge < -0.3 is 5.11 Å². The summed E-state index contributed by atoms with van der Waals surface area (Å²) in [5.41, 5.74) is 0.565. The normalized spacial score (nSPS) is 9.64. The number of halogens is 2. The van der Waals surface area contributed by atoms with E-state index in [1.807, 2.05) is 0 Å². The van der Waals surface area contributed by atoms with Crippen molar-refractivity contribution < 1.29 is 5.11 Å². The molecular formula is C8H6BrClO. The second-order valence-electron chi connectivity index (χ2n) is 2.07. The Morgan fingerprint density at radius 1 is 1.55 bits per heavy atom. The molecule has 0 aliphatic heterocycles. The first-order valence-electron chi connectivity index (χ1n) is 2.94. The molecule has 0 atom stereocenters. The van der Waals surface area contributed by atoms with Crippen molar-refractivity contribution in [2.45, 2.75) is 0 Å². The molecular weight excluding hydrogens is 227 g/mol. The molecule has 58 valence electrons. The third-order valence-corrected chi connectivity index (χ3v) is 2.05. The van der Waals surface area contributed by atoms with Gasteiger partial charge in [-0.05, 0) is 18.2 Å². The van der Waals surface area contributed by atoms with Crippen molar-refractivity contribution in [3.63, 3.8) is 0 Å². The van der Waals surface area contributed by atoms with Gasteiger partial charge in [0.15, 0.2) is 0 Å². The summed E-state index contributed by atoms with van der Waals surface area (Å²) in [6.45, 7) is 3.37. The minimum atomic E-state index is -0.0116. The lowest BCUT2D eigenvalue weighted by molar-refractivity contribution is 0.514. The third kappa shape index (κ3) is 1.98. The van der Waals surface area contributed by atoms with Gasteiger partial charge in [0, 0.05) is 10.0 Å². The van der Waals surface area contributed by atoms with E-state index in [9.17, 15) is 0 Å². The molecule has 0 heterocycles. The standard InChI is InChI=1S/C8H6BrClO/c1-5(11)7-3-2-6(9)4-8(7)10/h2-4,11H,1H2. The van der Waals surface area contributed by atoms with Crippen LogP contribution in [0, 0.1) is 0 Å². The van der Waals surface area contributed by atoms with E-state index in [2.05, 4.69) is 22.5 Å². The van der Waals surface area contributed by atoms with E-state index in [1.165, 1.54) is 0 Å². The number of hydrogen-bond donors (Lipinski definition) is 1. The lowest BCUT2D eigenvalue weighted by atomic mass is 10.2. The molecule has 0 amide bonds. The zero-order chi connectivity index (χ0) is 8.43. The van der Waals surface area contributed by atoms with Crippen LogP contribution in [0.5, 0.6) is 0 Å². The van der Waals surface area contributed by atoms with Gasteiger partial charge in [-0.3, -0.25) is 0 Å². The molecule has 11 heavy (non-hydrogen) atoms. The lowest BCUT2D eigenvalue weighted by Crippen LogP contribution is -1.81. The number of benzene rings is 1. The van der Waals surface area contributed by atoms with E-state index in [1.54, 1.807) is 18.2 Å². The third-order valence-electron chi connectivity index (χ3n) is 1.24. The maximum Gasteiger partial charge on any atom is 0.117 e. The fraction of sp³-hybridized carbons (Fsp3) is 0.